The van der Waals surface area contributed by atoms with Crippen LogP contribution in [0, 0.1) is 0 Å². The fourth-order valence-corrected chi connectivity index (χ4v) is 1.34. The second kappa shape index (κ2) is 4.84. The predicted molar refractivity (Wildman–Crippen MR) is 53.0 cm³/mol. The molecule has 0 saturated carbocycles. The lowest BCUT2D eigenvalue weighted by molar-refractivity contribution is 0.190. The van der Waals surface area contributed by atoms with Crippen molar-refractivity contribution in [3.8, 4) is 0 Å². The Morgan fingerprint density at radius 2 is 2.54 bits per heavy atom. The summed E-state index contributed by atoms with van der Waals surface area (Å²) in [5.41, 5.74) is 0.771. The molecule has 1 aromatic heterocycles. The molecular weight excluding hydrogens is 188 g/mol. The zero-order valence-electron chi connectivity index (χ0n) is 7.28. The Balaban J connectivity index is 2.26. The summed E-state index contributed by atoms with van der Waals surface area (Å²) in [6.07, 6.45) is -0.520. The number of urea groups is 1. The van der Waals surface area contributed by atoms with E-state index in [4.69, 9.17) is 5.11 Å². The molecule has 0 aliphatic carbocycles. The van der Waals surface area contributed by atoms with E-state index >= 15 is 0 Å². The Bertz CT molecular complexity index is 259. The van der Waals surface area contributed by atoms with Gasteiger partial charge in [-0.2, -0.15) is 11.3 Å². The smallest absolute Gasteiger partial charge is 0.319 e. The van der Waals surface area contributed by atoms with E-state index in [1.54, 1.807) is 6.92 Å². The van der Waals surface area contributed by atoms with Gasteiger partial charge < -0.3 is 15.7 Å². The number of anilines is 1. The third-order valence-electron chi connectivity index (χ3n) is 1.34. The standard InChI is InChI=1S/C8H12N2O2S/c1-6(11)4-9-8(12)10-7-2-3-13-5-7/h2-3,5-6,11H,4H2,1H3,(H2,9,10,12)/t6-/m1/s1. The lowest BCUT2D eigenvalue weighted by Gasteiger charge is -2.07. The minimum absolute atomic E-state index is 0.260. The number of carbonyl (C=O) groups excluding carboxylic acids is 1. The van der Waals surface area contributed by atoms with Gasteiger partial charge >= 0.3 is 6.03 Å². The predicted octanol–water partition coefficient (Wildman–Crippen LogP) is 1.25. The summed E-state index contributed by atoms with van der Waals surface area (Å²) >= 11 is 1.51. The molecule has 0 saturated heterocycles. The summed E-state index contributed by atoms with van der Waals surface area (Å²) in [6, 6.07) is 1.52. The van der Waals surface area contributed by atoms with Gasteiger partial charge in [-0.05, 0) is 18.4 Å². The summed E-state index contributed by atoms with van der Waals surface area (Å²) < 4.78 is 0. The molecule has 1 heterocycles. The molecule has 0 aromatic carbocycles. The van der Waals surface area contributed by atoms with Gasteiger partial charge in [-0.3, -0.25) is 0 Å². The third-order valence-corrected chi connectivity index (χ3v) is 2.02. The Morgan fingerprint density at radius 1 is 1.77 bits per heavy atom. The van der Waals surface area contributed by atoms with Crippen LogP contribution in [0.4, 0.5) is 10.5 Å². The number of amides is 2. The molecule has 0 spiro atoms. The average molecular weight is 200 g/mol. The summed E-state index contributed by atoms with van der Waals surface area (Å²) in [7, 11) is 0. The highest BCUT2D eigenvalue weighted by Crippen LogP contribution is 2.10. The number of hydrogen-bond acceptors (Lipinski definition) is 3. The van der Waals surface area contributed by atoms with E-state index in [9.17, 15) is 4.79 Å². The molecule has 0 unspecified atom stereocenters. The summed E-state index contributed by atoms with van der Waals surface area (Å²) in [5.74, 6) is 0. The maximum atomic E-state index is 11.1. The third kappa shape index (κ3) is 3.91. The molecule has 0 aliphatic rings. The van der Waals surface area contributed by atoms with Crippen LogP contribution in [0.3, 0.4) is 0 Å². The lowest BCUT2D eigenvalue weighted by Crippen LogP contribution is -2.33. The van der Waals surface area contributed by atoms with E-state index < -0.39 is 6.10 Å². The van der Waals surface area contributed by atoms with E-state index in [1.165, 1.54) is 11.3 Å². The van der Waals surface area contributed by atoms with Crippen molar-refractivity contribution in [1.82, 2.24) is 5.32 Å². The normalized spacial score (nSPS) is 12.2. The van der Waals surface area contributed by atoms with E-state index in [-0.39, 0.29) is 12.6 Å². The fourth-order valence-electron chi connectivity index (χ4n) is 0.751. The quantitative estimate of drug-likeness (QED) is 0.687. The van der Waals surface area contributed by atoms with Crippen molar-refractivity contribution in [3.63, 3.8) is 0 Å². The van der Waals surface area contributed by atoms with Crippen molar-refractivity contribution in [3.05, 3.63) is 16.8 Å². The first kappa shape index (κ1) is 10.0. The van der Waals surface area contributed by atoms with Crippen LogP contribution < -0.4 is 10.6 Å². The maximum absolute atomic E-state index is 11.1. The van der Waals surface area contributed by atoms with Crippen LogP contribution in [0.5, 0.6) is 0 Å². The molecular formula is C8H12N2O2S. The number of aliphatic hydroxyl groups is 1. The highest BCUT2D eigenvalue weighted by Gasteiger charge is 2.02. The van der Waals surface area contributed by atoms with Gasteiger partial charge in [0.05, 0.1) is 11.8 Å². The molecule has 5 heteroatoms. The number of aliphatic hydroxyl groups excluding tert-OH is 1. The molecule has 0 aliphatic heterocycles. The highest BCUT2D eigenvalue weighted by molar-refractivity contribution is 7.08. The molecule has 4 nitrogen and oxygen atoms in total. The SMILES string of the molecule is C[C@@H](O)CNC(=O)Nc1ccsc1. The minimum Gasteiger partial charge on any atom is -0.392 e. The van der Waals surface area contributed by atoms with Crippen LogP contribution >= 0.6 is 11.3 Å². The summed E-state index contributed by atoms with van der Waals surface area (Å²) in [4.78, 5) is 11.1. The van der Waals surface area contributed by atoms with Gasteiger partial charge in [0.25, 0.3) is 0 Å². The monoisotopic (exact) mass is 200 g/mol. The van der Waals surface area contributed by atoms with Crippen molar-refractivity contribution in [2.75, 3.05) is 11.9 Å². The van der Waals surface area contributed by atoms with E-state index in [0.29, 0.717) is 0 Å². The maximum Gasteiger partial charge on any atom is 0.319 e. The van der Waals surface area contributed by atoms with Crippen LogP contribution in [-0.4, -0.2) is 23.8 Å². The van der Waals surface area contributed by atoms with Gasteiger partial charge in [0.2, 0.25) is 0 Å². The zero-order valence-corrected chi connectivity index (χ0v) is 8.10. The van der Waals surface area contributed by atoms with Gasteiger partial charge in [0.15, 0.2) is 0 Å². The molecule has 72 valence electrons. The molecule has 0 fully saturated rings. The molecule has 2 amide bonds. The Kier molecular flexibility index (Phi) is 3.72. The largest absolute Gasteiger partial charge is 0.392 e. The van der Waals surface area contributed by atoms with E-state index in [0.717, 1.165) is 5.69 Å². The molecule has 3 N–H and O–H groups in total. The number of rotatable bonds is 3. The van der Waals surface area contributed by atoms with Crippen LogP contribution in [0.2, 0.25) is 0 Å². The van der Waals surface area contributed by atoms with E-state index in [2.05, 4.69) is 10.6 Å². The Hall–Kier alpha value is -1.07. The summed E-state index contributed by atoms with van der Waals surface area (Å²) in [5, 5.41) is 17.8. The van der Waals surface area contributed by atoms with Crippen LogP contribution in [0.15, 0.2) is 16.8 Å². The molecule has 1 aromatic rings. The van der Waals surface area contributed by atoms with Crippen LogP contribution in [0.1, 0.15) is 6.92 Å². The topological polar surface area (TPSA) is 61.4 Å². The van der Waals surface area contributed by atoms with Gasteiger partial charge in [-0.25, -0.2) is 4.79 Å². The van der Waals surface area contributed by atoms with Crippen molar-refractivity contribution < 1.29 is 9.90 Å². The Morgan fingerprint density at radius 3 is 3.08 bits per heavy atom. The van der Waals surface area contributed by atoms with Crippen LogP contribution in [0.25, 0.3) is 0 Å². The average Bonchev–Trinajstić information content (AvgIpc) is 2.53. The fraction of sp³-hybridized carbons (Fsp3) is 0.375. The van der Waals surface area contributed by atoms with Gasteiger partial charge in [0.1, 0.15) is 0 Å². The number of carbonyl (C=O) groups is 1. The lowest BCUT2D eigenvalue weighted by atomic mass is 10.4. The second-order valence-electron chi connectivity index (χ2n) is 2.70. The first-order chi connectivity index (χ1) is 6.18. The van der Waals surface area contributed by atoms with Gasteiger partial charge in [-0.1, -0.05) is 0 Å². The highest BCUT2D eigenvalue weighted by atomic mass is 32.1. The first-order valence-electron chi connectivity index (χ1n) is 3.93. The number of nitrogens with one attached hydrogen (secondary N) is 2. The number of hydrogen-bond donors (Lipinski definition) is 3. The molecule has 1 atom stereocenters. The Labute approximate surface area is 80.6 Å². The minimum atomic E-state index is -0.520. The van der Waals surface area contributed by atoms with Crippen molar-refractivity contribution in [2.45, 2.75) is 13.0 Å². The second-order valence-corrected chi connectivity index (χ2v) is 3.48. The van der Waals surface area contributed by atoms with Crippen molar-refractivity contribution in [1.29, 1.82) is 0 Å². The zero-order chi connectivity index (χ0) is 9.68. The molecule has 0 bridgehead atoms. The molecule has 1 rings (SSSR count). The molecule has 13 heavy (non-hydrogen) atoms. The van der Waals surface area contributed by atoms with Crippen molar-refractivity contribution >= 4 is 23.1 Å². The first-order valence-corrected chi connectivity index (χ1v) is 4.88. The summed E-state index contributed by atoms with van der Waals surface area (Å²) in [6.45, 7) is 1.88. The van der Waals surface area contributed by atoms with Crippen molar-refractivity contribution in [2.24, 2.45) is 0 Å². The van der Waals surface area contributed by atoms with Gasteiger partial charge in [-0.15, -0.1) is 0 Å². The van der Waals surface area contributed by atoms with Crippen LogP contribution in [-0.2, 0) is 0 Å². The van der Waals surface area contributed by atoms with E-state index in [1.807, 2.05) is 16.8 Å². The van der Waals surface area contributed by atoms with Gasteiger partial charge in [0, 0.05) is 11.9 Å². The number of thiophene rings is 1. The molecule has 0 radical (unpaired) electrons.